The Morgan fingerprint density at radius 3 is 2.38 bits per heavy atom. The molecule has 13 heavy (non-hydrogen) atoms. The van der Waals surface area contributed by atoms with Gasteiger partial charge in [0.25, 0.3) is 0 Å². The van der Waals surface area contributed by atoms with Crippen molar-refractivity contribution in [3.05, 3.63) is 0 Å². The first kappa shape index (κ1) is 12.0. The lowest BCUT2D eigenvalue weighted by atomic mass is 10.0. The molecule has 0 saturated carbocycles. The molecule has 0 aliphatic rings. The number of primary amides is 1. The molecule has 0 saturated heterocycles. The molecule has 0 aliphatic carbocycles. The van der Waals surface area contributed by atoms with Gasteiger partial charge in [0, 0.05) is 0 Å². The summed E-state index contributed by atoms with van der Waals surface area (Å²) in [7, 11) is 0. The van der Waals surface area contributed by atoms with Crippen LogP contribution >= 0.6 is 0 Å². The maximum absolute atomic E-state index is 11.0. The van der Waals surface area contributed by atoms with Crippen molar-refractivity contribution in [3.63, 3.8) is 0 Å². The van der Waals surface area contributed by atoms with Crippen molar-refractivity contribution < 1.29 is 4.79 Å². The van der Waals surface area contributed by atoms with Crippen LogP contribution in [0.4, 0.5) is 0 Å². The number of nitrogens with one attached hydrogen (secondary N) is 1. The fourth-order valence-electron chi connectivity index (χ4n) is 1.10. The van der Waals surface area contributed by atoms with Gasteiger partial charge in [-0.2, -0.15) is 0 Å². The standard InChI is InChI=1S/C10H18N2O/c1-5-8(6-2)12-9(7(3)4)10(11)13/h1,7-9,12H,6H2,2-4H3,(H2,11,13). The van der Waals surface area contributed by atoms with Crippen molar-refractivity contribution in [2.45, 2.75) is 39.3 Å². The zero-order valence-corrected chi connectivity index (χ0v) is 8.50. The molecule has 0 rings (SSSR count). The quantitative estimate of drug-likeness (QED) is 0.608. The Bertz CT molecular complexity index is 205. The molecule has 0 aromatic rings. The molecule has 74 valence electrons. The Kier molecular flexibility index (Phi) is 5.17. The third-order valence-electron chi connectivity index (χ3n) is 1.96. The van der Waals surface area contributed by atoms with E-state index in [0.29, 0.717) is 0 Å². The molecule has 0 fully saturated rings. The van der Waals surface area contributed by atoms with E-state index in [1.807, 2.05) is 20.8 Å². The molecule has 0 aliphatic heterocycles. The van der Waals surface area contributed by atoms with Crippen molar-refractivity contribution in [1.29, 1.82) is 0 Å². The smallest absolute Gasteiger partial charge is 0.234 e. The highest BCUT2D eigenvalue weighted by Crippen LogP contribution is 2.03. The number of hydrogen-bond acceptors (Lipinski definition) is 2. The van der Waals surface area contributed by atoms with Gasteiger partial charge in [-0.15, -0.1) is 6.42 Å². The highest BCUT2D eigenvalue weighted by molar-refractivity contribution is 5.80. The van der Waals surface area contributed by atoms with Crippen LogP contribution < -0.4 is 11.1 Å². The molecular weight excluding hydrogens is 164 g/mol. The number of rotatable bonds is 5. The van der Waals surface area contributed by atoms with Gasteiger partial charge in [0.2, 0.25) is 5.91 Å². The Labute approximate surface area is 80.1 Å². The van der Waals surface area contributed by atoms with Gasteiger partial charge in [-0.1, -0.05) is 26.7 Å². The monoisotopic (exact) mass is 182 g/mol. The lowest BCUT2D eigenvalue weighted by Gasteiger charge is -2.22. The Morgan fingerprint density at radius 2 is 2.15 bits per heavy atom. The summed E-state index contributed by atoms with van der Waals surface area (Å²) < 4.78 is 0. The molecule has 0 bridgehead atoms. The molecule has 0 spiro atoms. The van der Waals surface area contributed by atoms with Gasteiger partial charge in [-0.05, 0) is 12.3 Å². The zero-order valence-electron chi connectivity index (χ0n) is 8.50. The van der Waals surface area contributed by atoms with Crippen LogP contribution in [0, 0.1) is 18.3 Å². The average Bonchev–Trinajstić information content (AvgIpc) is 2.05. The summed E-state index contributed by atoms with van der Waals surface area (Å²) in [5.41, 5.74) is 5.23. The third kappa shape index (κ3) is 3.95. The molecule has 1 amide bonds. The third-order valence-corrected chi connectivity index (χ3v) is 1.96. The number of terminal acetylenes is 1. The van der Waals surface area contributed by atoms with E-state index in [9.17, 15) is 4.79 Å². The molecule has 0 aromatic heterocycles. The number of carbonyl (C=O) groups excluding carboxylic acids is 1. The van der Waals surface area contributed by atoms with Crippen molar-refractivity contribution in [2.75, 3.05) is 0 Å². The van der Waals surface area contributed by atoms with Crippen LogP contribution in [0.5, 0.6) is 0 Å². The van der Waals surface area contributed by atoms with Crippen LogP contribution in [-0.2, 0) is 4.79 Å². The zero-order chi connectivity index (χ0) is 10.4. The molecule has 3 nitrogen and oxygen atoms in total. The van der Waals surface area contributed by atoms with E-state index in [1.54, 1.807) is 0 Å². The second-order valence-electron chi connectivity index (χ2n) is 3.42. The Balaban J connectivity index is 4.26. The van der Waals surface area contributed by atoms with Crippen molar-refractivity contribution in [2.24, 2.45) is 11.7 Å². The number of carbonyl (C=O) groups is 1. The minimum absolute atomic E-state index is 0.0695. The lowest BCUT2D eigenvalue weighted by molar-refractivity contribution is -0.121. The van der Waals surface area contributed by atoms with Crippen LogP contribution in [0.3, 0.4) is 0 Å². The maximum Gasteiger partial charge on any atom is 0.234 e. The second kappa shape index (κ2) is 5.60. The van der Waals surface area contributed by atoms with Crippen LogP contribution in [0.15, 0.2) is 0 Å². The summed E-state index contributed by atoms with van der Waals surface area (Å²) >= 11 is 0. The SMILES string of the molecule is C#CC(CC)NC(C(N)=O)C(C)C. The molecule has 0 radical (unpaired) electrons. The Morgan fingerprint density at radius 1 is 1.62 bits per heavy atom. The molecule has 3 heteroatoms. The fraction of sp³-hybridized carbons (Fsp3) is 0.700. The van der Waals surface area contributed by atoms with Crippen LogP contribution in [0.2, 0.25) is 0 Å². The fourth-order valence-corrected chi connectivity index (χ4v) is 1.10. The van der Waals surface area contributed by atoms with E-state index in [0.717, 1.165) is 6.42 Å². The van der Waals surface area contributed by atoms with Crippen LogP contribution in [-0.4, -0.2) is 18.0 Å². The molecule has 2 unspecified atom stereocenters. The van der Waals surface area contributed by atoms with E-state index in [-0.39, 0.29) is 23.9 Å². The number of nitrogens with two attached hydrogens (primary N) is 1. The second-order valence-corrected chi connectivity index (χ2v) is 3.42. The molecule has 0 heterocycles. The predicted molar refractivity (Wildman–Crippen MR) is 53.9 cm³/mol. The Hall–Kier alpha value is -1.01. The summed E-state index contributed by atoms with van der Waals surface area (Å²) in [6, 6.07) is -0.402. The predicted octanol–water partition coefficient (Wildman–Crippen LogP) is 0.498. The number of amides is 1. The van der Waals surface area contributed by atoms with Gasteiger partial charge in [-0.25, -0.2) is 0 Å². The van der Waals surface area contributed by atoms with Crippen LogP contribution in [0.25, 0.3) is 0 Å². The van der Waals surface area contributed by atoms with E-state index >= 15 is 0 Å². The first-order chi connectivity index (χ1) is 6.02. The number of hydrogen-bond donors (Lipinski definition) is 2. The summed E-state index contributed by atoms with van der Waals surface area (Å²) in [4.78, 5) is 11.0. The average molecular weight is 182 g/mol. The van der Waals surface area contributed by atoms with E-state index < -0.39 is 0 Å². The molecular formula is C10H18N2O. The lowest BCUT2D eigenvalue weighted by Crippen LogP contribution is -2.48. The first-order valence-electron chi connectivity index (χ1n) is 4.54. The maximum atomic E-state index is 11.0. The summed E-state index contributed by atoms with van der Waals surface area (Å²) in [5.74, 6) is 2.40. The highest BCUT2D eigenvalue weighted by atomic mass is 16.1. The van der Waals surface area contributed by atoms with Crippen molar-refractivity contribution >= 4 is 5.91 Å². The van der Waals surface area contributed by atoms with E-state index in [1.165, 1.54) is 0 Å². The molecule has 2 atom stereocenters. The van der Waals surface area contributed by atoms with Gasteiger partial charge < -0.3 is 5.73 Å². The topological polar surface area (TPSA) is 55.1 Å². The highest BCUT2D eigenvalue weighted by Gasteiger charge is 2.20. The van der Waals surface area contributed by atoms with Gasteiger partial charge in [0.1, 0.15) is 0 Å². The first-order valence-corrected chi connectivity index (χ1v) is 4.54. The summed E-state index contributed by atoms with van der Waals surface area (Å²) in [6.07, 6.45) is 6.07. The van der Waals surface area contributed by atoms with Gasteiger partial charge >= 0.3 is 0 Å². The van der Waals surface area contributed by atoms with E-state index in [2.05, 4.69) is 11.2 Å². The van der Waals surface area contributed by atoms with Gasteiger partial charge in [0.15, 0.2) is 0 Å². The van der Waals surface area contributed by atoms with Crippen molar-refractivity contribution in [1.82, 2.24) is 5.32 Å². The normalized spacial score (nSPS) is 15.0. The summed E-state index contributed by atoms with van der Waals surface area (Å²) in [6.45, 7) is 5.84. The summed E-state index contributed by atoms with van der Waals surface area (Å²) in [5, 5.41) is 3.04. The van der Waals surface area contributed by atoms with E-state index in [4.69, 9.17) is 12.2 Å². The molecule has 0 aromatic carbocycles. The largest absolute Gasteiger partial charge is 0.368 e. The van der Waals surface area contributed by atoms with Crippen molar-refractivity contribution in [3.8, 4) is 12.3 Å². The van der Waals surface area contributed by atoms with Gasteiger partial charge in [-0.3, -0.25) is 10.1 Å². The minimum atomic E-state index is -0.344. The van der Waals surface area contributed by atoms with Crippen LogP contribution in [0.1, 0.15) is 27.2 Å². The minimum Gasteiger partial charge on any atom is -0.368 e. The van der Waals surface area contributed by atoms with Gasteiger partial charge in [0.05, 0.1) is 12.1 Å². The molecule has 3 N–H and O–H groups in total.